The number of aromatic nitrogens is 2. The number of hydrogen-bond donors (Lipinski definition) is 2. The number of alkyl carbamates (subject to hydrolysis) is 1. The third-order valence-corrected chi connectivity index (χ3v) is 7.09. The summed E-state index contributed by atoms with van der Waals surface area (Å²) in [4.78, 5) is 22.1. The second-order valence-corrected chi connectivity index (χ2v) is 11.9. The molecule has 2 aromatic heterocycles. The number of carbonyl (C=O) groups excluding carboxylic acids is 1. The number of ether oxygens (including phenoxy) is 1. The highest BCUT2D eigenvalue weighted by Gasteiger charge is 2.35. The summed E-state index contributed by atoms with van der Waals surface area (Å²) in [6, 6.07) is 12.3. The van der Waals surface area contributed by atoms with Gasteiger partial charge in [0, 0.05) is 25.2 Å². The number of carbonyl (C=O) groups is 1. The van der Waals surface area contributed by atoms with Gasteiger partial charge in [0.05, 0.1) is 11.3 Å². The smallest absolute Gasteiger partial charge is 0.418 e. The highest BCUT2D eigenvalue weighted by Crippen LogP contribution is 2.38. The van der Waals surface area contributed by atoms with Gasteiger partial charge in [-0.15, -0.1) is 6.58 Å². The molecule has 3 rings (SSSR count). The van der Waals surface area contributed by atoms with Crippen LogP contribution in [0.2, 0.25) is 0 Å². The molecule has 0 saturated carbocycles. The topological polar surface area (TPSA) is 114 Å². The Morgan fingerprint density at radius 3 is 2.37 bits per heavy atom. The Morgan fingerprint density at radius 2 is 1.72 bits per heavy atom. The minimum Gasteiger partial charge on any atom is -0.444 e. The Hall–Kier alpha value is -4.39. The van der Waals surface area contributed by atoms with Crippen molar-refractivity contribution in [1.29, 1.82) is 0 Å². The maximum absolute atomic E-state index is 13.9. The van der Waals surface area contributed by atoms with Crippen molar-refractivity contribution in [2.45, 2.75) is 44.0 Å². The minimum atomic E-state index is -4.74. The summed E-state index contributed by atoms with van der Waals surface area (Å²) in [5.74, 6) is -0.0177. The number of halogens is 3. The van der Waals surface area contributed by atoms with E-state index in [4.69, 9.17) is 4.74 Å². The van der Waals surface area contributed by atoms with Gasteiger partial charge in [0.25, 0.3) is 10.0 Å². The van der Waals surface area contributed by atoms with Crippen LogP contribution in [-0.2, 0) is 20.9 Å². The monoisotopic (exact) mass is 617 g/mol. The number of amides is 1. The Kier molecular flexibility index (Phi) is 10.6. The molecule has 0 spiro atoms. The van der Waals surface area contributed by atoms with E-state index in [1.807, 2.05) is 0 Å². The lowest BCUT2D eigenvalue weighted by molar-refractivity contribution is -0.137. The quantitative estimate of drug-likeness (QED) is 0.223. The maximum atomic E-state index is 13.9. The third-order valence-electron chi connectivity index (χ3n) is 5.84. The molecule has 0 aliphatic rings. The van der Waals surface area contributed by atoms with E-state index in [0.29, 0.717) is 24.3 Å². The SMILES string of the molecule is C=CCCN(CCNC(=O)OC(C)(C)C)c1cccc(S(=O)(=O)Nc2ccc(C(F)(F)F)c(-c3ccccc3C=C)n2)n1. The number of alkyl halides is 3. The first kappa shape index (κ1) is 33.1. The molecule has 13 heteroatoms. The zero-order chi connectivity index (χ0) is 31.8. The van der Waals surface area contributed by atoms with E-state index in [1.165, 1.54) is 24.3 Å². The van der Waals surface area contributed by atoms with Crippen LogP contribution in [0.1, 0.15) is 38.3 Å². The number of pyridine rings is 2. The molecule has 9 nitrogen and oxygen atoms in total. The van der Waals surface area contributed by atoms with Gasteiger partial charge in [0.1, 0.15) is 17.2 Å². The predicted molar refractivity (Wildman–Crippen MR) is 161 cm³/mol. The maximum Gasteiger partial charge on any atom is 0.418 e. The molecule has 3 aromatic rings. The lowest BCUT2D eigenvalue weighted by atomic mass is 10.00. The van der Waals surface area contributed by atoms with Gasteiger partial charge in [-0.25, -0.2) is 14.8 Å². The van der Waals surface area contributed by atoms with Crippen molar-refractivity contribution in [3.05, 3.63) is 85.0 Å². The Labute approximate surface area is 249 Å². The van der Waals surface area contributed by atoms with Crippen LogP contribution in [0, 0.1) is 0 Å². The molecule has 0 aliphatic heterocycles. The van der Waals surface area contributed by atoms with Crippen LogP contribution in [0.25, 0.3) is 17.3 Å². The van der Waals surface area contributed by atoms with E-state index >= 15 is 0 Å². The lowest BCUT2D eigenvalue weighted by Gasteiger charge is -2.25. The fourth-order valence-electron chi connectivity index (χ4n) is 3.96. The number of rotatable bonds is 12. The predicted octanol–water partition coefficient (Wildman–Crippen LogP) is 6.51. The van der Waals surface area contributed by atoms with Crippen LogP contribution in [0.4, 0.5) is 29.6 Å². The molecular weight excluding hydrogens is 583 g/mol. The normalized spacial score (nSPS) is 11.9. The first-order valence-corrected chi connectivity index (χ1v) is 14.8. The van der Waals surface area contributed by atoms with Crippen LogP contribution in [0.3, 0.4) is 0 Å². The van der Waals surface area contributed by atoms with Gasteiger partial charge in [-0.1, -0.05) is 49.1 Å². The zero-order valence-corrected chi connectivity index (χ0v) is 24.9. The lowest BCUT2D eigenvalue weighted by Crippen LogP contribution is -2.38. The minimum absolute atomic E-state index is 0.142. The van der Waals surface area contributed by atoms with Crippen molar-refractivity contribution in [3.8, 4) is 11.3 Å². The highest BCUT2D eigenvalue weighted by atomic mass is 32.2. The van der Waals surface area contributed by atoms with E-state index in [-0.39, 0.29) is 29.5 Å². The van der Waals surface area contributed by atoms with Gasteiger partial charge in [0.2, 0.25) is 0 Å². The molecule has 0 unspecified atom stereocenters. The van der Waals surface area contributed by atoms with Crippen LogP contribution >= 0.6 is 0 Å². The van der Waals surface area contributed by atoms with E-state index in [1.54, 1.807) is 56.0 Å². The summed E-state index contributed by atoms with van der Waals surface area (Å²) < 4.78 is 75.7. The summed E-state index contributed by atoms with van der Waals surface area (Å²) in [6.45, 7) is 13.5. The van der Waals surface area contributed by atoms with Crippen LogP contribution in [0.5, 0.6) is 0 Å². The highest BCUT2D eigenvalue weighted by molar-refractivity contribution is 7.92. The van der Waals surface area contributed by atoms with E-state index in [9.17, 15) is 26.4 Å². The number of nitrogens with one attached hydrogen (secondary N) is 2. The van der Waals surface area contributed by atoms with Crippen molar-refractivity contribution < 1.29 is 31.1 Å². The fraction of sp³-hybridized carbons (Fsp3) is 0.300. The molecule has 0 fully saturated rings. The van der Waals surface area contributed by atoms with Crippen molar-refractivity contribution in [3.63, 3.8) is 0 Å². The van der Waals surface area contributed by atoms with Gasteiger partial charge >= 0.3 is 12.3 Å². The second kappa shape index (κ2) is 13.7. The molecule has 2 heterocycles. The molecule has 230 valence electrons. The molecule has 0 bridgehead atoms. The summed E-state index contributed by atoms with van der Waals surface area (Å²) >= 11 is 0. The first-order chi connectivity index (χ1) is 20.1. The number of anilines is 2. The van der Waals surface area contributed by atoms with E-state index in [2.05, 4.69) is 33.2 Å². The zero-order valence-electron chi connectivity index (χ0n) is 24.1. The van der Waals surface area contributed by atoms with Crippen molar-refractivity contribution >= 4 is 33.8 Å². The van der Waals surface area contributed by atoms with Crippen molar-refractivity contribution in [2.24, 2.45) is 0 Å². The summed E-state index contributed by atoms with van der Waals surface area (Å²) in [6.07, 6.45) is -1.70. The number of benzene rings is 1. The van der Waals surface area contributed by atoms with Crippen LogP contribution in [0.15, 0.2) is 78.9 Å². The molecule has 0 aliphatic carbocycles. The molecule has 0 atom stereocenters. The van der Waals surface area contributed by atoms with Gasteiger partial charge in [-0.05, 0) is 57.0 Å². The van der Waals surface area contributed by atoms with Crippen molar-refractivity contribution in [1.82, 2.24) is 15.3 Å². The summed E-state index contributed by atoms with van der Waals surface area (Å²) in [7, 11) is -4.37. The molecule has 0 radical (unpaired) electrons. The van der Waals surface area contributed by atoms with Gasteiger partial charge in [-0.3, -0.25) is 4.72 Å². The summed E-state index contributed by atoms with van der Waals surface area (Å²) in [5, 5.41) is 2.28. The van der Waals surface area contributed by atoms with E-state index in [0.717, 1.165) is 12.1 Å². The van der Waals surface area contributed by atoms with Gasteiger partial charge in [-0.2, -0.15) is 21.6 Å². The van der Waals surface area contributed by atoms with Crippen molar-refractivity contribution in [2.75, 3.05) is 29.3 Å². The Bertz CT molecular complexity index is 1570. The Morgan fingerprint density at radius 1 is 1.00 bits per heavy atom. The third kappa shape index (κ3) is 9.30. The molecule has 43 heavy (non-hydrogen) atoms. The molecule has 1 aromatic carbocycles. The second-order valence-electron chi connectivity index (χ2n) is 10.3. The average molecular weight is 618 g/mol. The number of sulfonamides is 1. The average Bonchev–Trinajstić information content (AvgIpc) is 2.93. The van der Waals surface area contributed by atoms with Crippen LogP contribution in [-0.4, -0.2) is 49.7 Å². The van der Waals surface area contributed by atoms with Crippen LogP contribution < -0.4 is 14.9 Å². The fourth-order valence-corrected chi connectivity index (χ4v) is 4.92. The molecular formula is C30H34F3N5O4S. The number of hydrogen-bond acceptors (Lipinski definition) is 7. The molecule has 1 amide bonds. The number of nitrogens with zero attached hydrogens (tertiary/aromatic N) is 3. The standard InChI is InChI=1S/C30H34F3N5O4S/c1-6-8-19-38(20-18-34-28(39)42-29(3,4)5)25-14-11-15-26(36-25)43(40,41)37-24-17-16-23(30(31,32)33)27(35-24)22-13-10-9-12-21(22)7-2/h6-7,9-17H,1-2,8,18-20H2,3-5H3,(H,34,39)(H,35,37). The first-order valence-electron chi connectivity index (χ1n) is 13.3. The van der Waals surface area contributed by atoms with Gasteiger partial charge in [0.15, 0.2) is 5.03 Å². The van der Waals surface area contributed by atoms with E-state index < -0.39 is 39.2 Å². The molecule has 2 N–H and O–H groups in total. The largest absolute Gasteiger partial charge is 0.444 e. The Balaban J connectivity index is 1.89. The summed E-state index contributed by atoms with van der Waals surface area (Å²) in [5.41, 5.74) is -1.60. The van der Waals surface area contributed by atoms with Gasteiger partial charge < -0.3 is 15.0 Å². The molecule has 0 saturated heterocycles.